The minimum atomic E-state index is -4.40. The van der Waals surface area contributed by atoms with Gasteiger partial charge in [-0.1, -0.05) is 24.3 Å². The summed E-state index contributed by atoms with van der Waals surface area (Å²) in [5.74, 6) is 0.318. The van der Waals surface area contributed by atoms with Gasteiger partial charge in [0.2, 0.25) is 0 Å². The summed E-state index contributed by atoms with van der Waals surface area (Å²) in [6.45, 7) is 0. The Morgan fingerprint density at radius 2 is 1.82 bits per heavy atom. The Hall–Kier alpha value is -2.50. The number of fused-ring (bicyclic) bond motifs is 7. The first-order valence-electron chi connectivity index (χ1n) is 9.64. The summed E-state index contributed by atoms with van der Waals surface area (Å²) in [7, 11) is 0. The van der Waals surface area contributed by atoms with E-state index in [0.717, 1.165) is 30.9 Å². The van der Waals surface area contributed by atoms with Crippen molar-refractivity contribution >= 4 is 11.7 Å². The highest BCUT2D eigenvalue weighted by Gasteiger charge is 2.54. The third-order valence-electron chi connectivity index (χ3n) is 6.92. The number of carboxylic acid groups (broad SMARTS) is 1. The van der Waals surface area contributed by atoms with Crippen LogP contribution in [0.15, 0.2) is 42.5 Å². The van der Waals surface area contributed by atoms with Gasteiger partial charge in [0.05, 0.1) is 22.9 Å². The zero-order valence-corrected chi connectivity index (χ0v) is 15.0. The van der Waals surface area contributed by atoms with E-state index in [1.165, 1.54) is 12.1 Å². The van der Waals surface area contributed by atoms with E-state index in [9.17, 15) is 23.1 Å². The van der Waals surface area contributed by atoms with Crippen LogP contribution in [0.2, 0.25) is 0 Å². The van der Waals surface area contributed by atoms with Crippen LogP contribution in [0.3, 0.4) is 0 Å². The topological polar surface area (TPSA) is 49.3 Å². The van der Waals surface area contributed by atoms with Crippen LogP contribution in [-0.2, 0) is 6.18 Å². The molecule has 2 aromatic carbocycles. The number of para-hydroxylation sites is 1. The largest absolute Gasteiger partial charge is 0.478 e. The fraction of sp³-hybridized carbons (Fsp3) is 0.409. The molecule has 0 radical (unpaired) electrons. The molecule has 0 spiro atoms. The first kappa shape index (κ1) is 17.6. The summed E-state index contributed by atoms with van der Waals surface area (Å²) in [4.78, 5) is 11.8. The summed E-state index contributed by atoms with van der Waals surface area (Å²) in [5.41, 5.74) is 1.70. The Labute approximate surface area is 160 Å². The molecule has 0 unspecified atom stereocenters. The molecule has 2 fully saturated rings. The average Bonchev–Trinajstić information content (AvgIpc) is 3.28. The van der Waals surface area contributed by atoms with Crippen molar-refractivity contribution < 1.29 is 23.1 Å². The van der Waals surface area contributed by atoms with E-state index >= 15 is 0 Å². The monoisotopic (exact) mass is 387 g/mol. The quantitative estimate of drug-likeness (QED) is 0.695. The molecular weight excluding hydrogens is 367 g/mol. The van der Waals surface area contributed by atoms with Gasteiger partial charge in [-0.3, -0.25) is 0 Å². The Morgan fingerprint density at radius 3 is 2.57 bits per heavy atom. The zero-order chi connectivity index (χ0) is 19.6. The van der Waals surface area contributed by atoms with Gasteiger partial charge in [-0.2, -0.15) is 13.2 Å². The summed E-state index contributed by atoms with van der Waals surface area (Å²) < 4.78 is 39.8. The van der Waals surface area contributed by atoms with Crippen molar-refractivity contribution in [2.45, 2.75) is 37.4 Å². The van der Waals surface area contributed by atoms with E-state index in [1.807, 2.05) is 6.07 Å². The zero-order valence-electron chi connectivity index (χ0n) is 15.0. The molecule has 6 heteroatoms. The smallest absolute Gasteiger partial charge is 0.416 e. The van der Waals surface area contributed by atoms with Crippen LogP contribution in [0.4, 0.5) is 18.9 Å². The summed E-state index contributed by atoms with van der Waals surface area (Å²) in [5, 5.41) is 13.0. The molecule has 1 heterocycles. The van der Waals surface area contributed by atoms with E-state index in [-0.39, 0.29) is 23.4 Å². The van der Waals surface area contributed by atoms with Crippen LogP contribution in [0.25, 0.3) is 0 Å². The molecule has 2 aromatic rings. The Kier molecular flexibility index (Phi) is 3.77. The van der Waals surface area contributed by atoms with E-state index in [1.54, 1.807) is 18.2 Å². The highest BCUT2D eigenvalue weighted by atomic mass is 19.4. The second-order valence-corrected chi connectivity index (χ2v) is 8.26. The summed E-state index contributed by atoms with van der Waals surface area (Å²) in [6, 6.07) is 10.5. The second-order valence-electron chi connectivity index (χ2n) is 8.26. The number of aromatic carboxylic acids is 1. The lowest BCUT2D eigenvalue weighted by molar-refractivity contribution is -0.137. The Bertz CT molecular complexity index is 955. The number of nitrogens with one attached hydrogen (secondary N) is 1. The van der Waals surface area contributed by atoms with Gasteiger partial charge in [0.15, 0.2) is 0 Å². The number of rotatable bonds is 2. The lowest BCUT2D eigenvalue weighted by Crippen LogP contribution is -2.36. The highest BCUT2D eigenvalue weighted by Crippen LogP contribution is 2.64. The van der Waals surface area contributed by atoms with Crippen molar-refractivity contribution in [1.29, 1.82) is 0 Å². The normalized spacial score (nSPS) is 30.5. The molecule has 2 bridgehead atoms. The number of carboxylic acids is 1. The molecule has 0 aromatic heterocycles. The number of benzene rings is 2. The Balaban J connectivity index is 1.65. The van der Waals surface area contributed by atoms with Gasteiger partial charge < -0.3 is 10.4 Å². The maximum atomic E-state index is 13.3. The molecule has 5 atom stereocenters. The first-order valence-corrected chi connectivity index (χ1v) is 9.64. The Morgan fingerprint density at radius 1 is 1.07 bits per heavy atom. The van der Waals surface area contributed by atoms with Gasteiger partial charge >= 0.3 is 12.1 Å². The van der Waals surface area contributed by atoms with E-state index in [0.29, 0.717) is 23.1 Å². The molecule has 2 saturated carbocycles. The van der Waals surface area contributed by atoms with Crippen LogP contribution in [0, 0.1) is 17.8 Å². The van der Waals surface area contributed by atoms with E-state index < -0.39 is 17.7 Å². The molecule has 2 aliphatic carbocycles. The molecule has 3 aliphatic rings. The van der Waals surface area contributed by atoms with Crippen molar-refractivity contribution in [2.24, 2.45) is 17.8 Å². The molecule has 146 valence electrons. The summed E-state index contributed by atoms with van der Waals surface area (Å²) >= 11 is 0. The molecule has 5 rings (SSSR count). The van der Waals surface area contributed by atoms with Crippen molar-refractivity contribution in [3.05, 3.63) is 64.7 Å². The molecule has 0 amide bonds. The van der Waals surface area contributed by atoms with Crippen molar-refractivity contribution in [3.63, 3.8) is 0 Å². The standard InChI is InChI=1S/C22H20F3NO2/c23-22(24,25)14-4-1-3-13(10-14)19-18-12-8-7-11(9-12)17(18)15-5-2-6-16(21(27)28)20(15)26-19/h1-6,10-12,17-19,26H,7-9H2,(H,27,28)/t11-,12-,17+,18-,19+/m0/s1. The number of hydrogen-bond acceptors (Lipinski definition) is 2. The van der Waals surface area contributed by atoms with E-state index in [4.69, 9.17) is 0 Å². The van der Waals surface area contributed by atoms with Crippen LogP contribution >= 0.6 is 0 Å². The summed E-state index contributed by atoms with van der Waals surface area (Å²) in [6.07, 6.45) is -1.12. The second kappa shape index (κ2) is 6.00. The predicted molar refractivity (Wildman–Crippen MR) is 98.3 cm³/mol. The van der Waals surface area contributed by atoms with Gasteiger partial charge in [-0.25, -0.2) is 4.79 Å². The van der Waals surface area contributed by atoms with Crippen molar-refractivity contribution in [2.75, 3.05) is 5.32 Å². The van der Waals surface area contributed by atoms with E-state index in [2.05, 4.69) is 5.32 Å². The van der Waals surface area contributed by atoms with Gasteiger partial charge in [0.1, 0.15) is 0 Å². The molecule has 3 nitrogen and oxygen atoms in total. The van der Waals surface area contributed by atoms with Crippen molar-refractivity contribution in [3.8, 4) is 0 Å². The third-order valence-corrected chi connectivity index (χ3v) is 6.92. The third kappa shape index (κ3) is 2.54. The van der Waals surface area contributed by atoms with Gasteiger partial charge in [-0.05, 0) is 72.3 Å². The lowest BCUT2D eigenvalue weighted by atomic mass is 9.67. The molecule has 2 N–H and O–H groups in total. The average molecular weight is 387 g/mol. The van der Waals surface area contributed by atoms with Gasteiger partial charge in [0.25, 0.3) is 0 Å². The minimum Gasteiger partial charge on any atom is -0.478 e. The SMILES string of the molecule is O=C(O)c1cccc2c1N[C@H](c1cccc(C(F)(F)F)c1)[C@H]1[C@H]3CC[C@@H](C3)[C@H]21. The number of anilines is 1. The number of halogens is 3. The first-order chi connectivity index (χ1) is 13.3. The molecule has 0 saturated heterocycles. The molecular formula is C22H20F3NO2. The fourth-order valence-corrected chi connectivity index (χ4v) is 5.93. The molecule has 28 heavy (non-hydrogen) atoms. The van der Waals surface area contributed by atoms with Crippen LogP contribution < -0.4 is 5.32 Å². The molecule has 1 aliphatic heterocycles. The minimum absolute atomic E-state index is 0.190. The maximum Gasteiger partial charge on any atom is 0.416 e. The highest BCUT2D eigenvalue weighted by molar-refractivity contribution is 5.95. The number of hydrogen-bond donors (Lipinski definition) is 2. The van der Waals surface area contributed by atoms with Gasteiger partial charge in [-0.15, -0.1) is 0 Å². The van der Waals surface area contributed by atoms with Crippen molar-refractivity contribution in [1.82, 2.24) is 0 Å². The van der Waals surface area contributed by atoms with Crippen LogP contribution in [0.5, 0.6) is 0 Å². The number of carbonyl (C=O) groups is 1. The maximum absolute atomic E-state index is 13.3. The van der Waals surface area contributed by atoms with Gasteiger partial charge in [0, 0.05) is 0 Å². The lowest BCUT2D eigenvalue weighted by Gasteiger charge is -2.44. The van der Waals surface area contributed by atoms with Crippen LogP contribution in [-0.4, -0.2) is 11.1 Å². The number of alkyl halides is 3. The predicted octanol–water partition coefficient (Wildman–Crippen LogP) is 5.70. The van der Waals surface area contributed by atoms with Crippen LogP contribution in [0.1, 0.15) is 58.3 Å². The fourth-order valence-electron chi connectivity index (χ4n) is 5.93.